The van der Waals surface area contributed by atoms with Gasteiger partial charge < -0.3 is 26.0 Å². The number of aryl methyl sites for hydroxylation is 1. The predicted octanol–water partition coefficient (Wildman–Crippen LogP) is 2.43. The van der Waals surface area contributed by atoms with E-state index >= 15 is 0 Å². The highest BCUT2D eigenvalue weighted by molar-refractivity contribution is 6.01. The van der Waals surface area contributed by atoms with Crippen molar-refractivity contribution < 1.29 is 24.3 Å². The van der Waals surface area contributed by atoms with Gasteiger partial charge in [-0.05, 0) is 42.5 Å². The van der Waals surface area contributed by atoms with Gasteiger partial charge in [0, 0.05) is 54.8 Å². The Morgan fingerprint density at radius 2 is 1.88 bits per heavy atom. The third-order valence-corrected chi connectivity index (χ3v) is 5.74. The Labute approximate surface area is 192 Å². The number of carbonyl (C=O) groups excluding carboxylic acids is 3. The van der Waals surface area contributed by atoms with Crippen molar-refractivity contribution in [3.05, 3.63) is 46.8 Å². The van der Waals surface area contributed by atoms with E-state index in [2.05, 4.69) is 24.5 Å². The average molecular weight is 455 g/mol. The van der Waals surface area contributed by atoms with Crippen molar-refractivity contribution >= 4 is 29.3 Å². The molecule has 0 spiro atoms. The zero-order valence-electron chi connectivity index (χ0n) is 19.2. The normalized spacial score (nSPS) is 14.5. The maximum atomic E-state index is 12.7. The van der Waals surface area contributed by atoms with E-state index in [-0.39, 0.29) is 36.5 Å². The van der Waals surface area contributed by atoms with E-state index in [1.54, 1.807) is 18.2 Å². The van der Waals surface area contributed by atoms with Gasteiger partial charge in [0.2, 0.25) is 5.91 Å². The molecule has 0 atom stereocenters. The van der Waals surface area contributed by atoms with E-state index in [9.17, 15) is 19.2 Å². The lowest BCUT2D eigenvalue weighted by Crippen LogP contribution is -2.29. The number of aliphatic carboxylic acids is 1. The molecule has 0 saturated heterocycles. The SMILES string of the molecule is Cc1cn(-c2ccc(C(N)=O)c(NCCNC(=O)CCC(=O)O)c2)c2c1C(=O)CC(C)(C)C2. The zero-order chi connectivity index (χ0) is 24.3. The molecular weight excluding hydrogens is 424 g/mol. The molecule has 1 heterocycles. The third kappa shape index (κ3) is 5.60. The molecule has 0 radical (unpaired) electrons. The van der Waals surface area contributed by atoms with Crippen LogP contribution in [0.2, 0.25) is 0 Å². The molecule has 33 heavy (non-hydrogen) atoms. The third-order valence-electron chi connectivity index (χ3n) is 5.74. The van der Waals surface area contributed by atoms with Crippen molar-refractivity contribution in [1.82, 2.24) is 9.88 Å². The van der Waals surface area contributed by atoms with Crippen LogP contribution in [0.4, 0.5) is 5.69 Å². The lowest BCUT2D eigenvalue weighted by atomic mass is 9.75. The standard InChI is InChI=1S/C24H30N4O5/c1-14-13-28(18-11-24(2,3)12-19(29)22(14)18)15-4-5-16(23(25)33)17(10-15)26-8-9-27-20(30)6-7-21(31)32/h4-5,10,13,26H,6-9,11-12H2,1-3H3,(H2,25,33)(H,27,30)(H,31,32). The van der Waals surface area contributed by atoms with Crippen LogP contribution < -0.4 is 16.4 Å². The van der Waals surface area contributed by atoms with Crippen LogP contribution in [0.15, 0.2) is 24.4 Å². The molecule has 0 aliphatic heterocycles. The maximum Gasteiger partial charge on any atom is 0.303 e. The largest absolute Gasteiger partial charge is 0.481 e. The van der Waals surface area contributed by atoms with Crippen molar-refractivity contribution in [2.45, 2.75) is 46.5 Å². The van der Waals surface area contributed by atoms with Gasteiger partial charge in [-0.2, -0.15) is 0 Å². The smallest absolute Gasteiger partial charge is 0.303 e. The van der Waals surface area contributed by atoms with Crippen LogP contribution in [0.1, 0.15) is 65.1 Å². The van der Waals surface area contributed by atoms with Gasteiger partial charge in [-0.15, -0.1) is 0 Å². The average Bonchev–Trinajstić information content (AvgIpc) is 3.04. The number of carboxylic acid groups (broad SMARTS) is 1. The summed E-state index contributed by atoms with van der Waals surface area (Å²) in [6.45, 7) is 6.65. The van der Waals surface area contributed by atoms with Crippen LogP contribution in [0.5, 0.6) is 0 Å². The number of ketones is 1. The van der Waals surface area contributed by atoms with Crippen molar-refractivity contribution in [3.63, 3.8) is 0 Å². The molecular formula is C24H30N4O5. The minimum Gasteiger partial charge on any atom is -0.481 e. The first-order valence-electron chi connectivity index (χ1n) is 10.9. The first kappa shape index (κ1) is 24.0. The molecule has 0 unspecified atom stereocenters. The number of fused-ring (bicyclic) bond motifs is 1. The second-order valence-electron chi connectivity index (χ2n) is 9.21. The van der Waals surface area contributed by atoms with Crippen LogP contribution >= 0.6 is 0 Å². The monoisotopic (exact) mass is 454 g/mol. The van der Waals surface area contributed by atoms with Crippen molar-refractivity contribution in [3.8, 4) is 5.69 Å². The van der Waals surface area contributed by atoms with E-state index in [4.69, 9.17) is 10.8 Å². The zero-order valence-corrected chi connectivity index (χ0v) is 19.2. The lowest BCUT2D eigenvalue weighted by molar-refractivity contribution is -0.138. The van der Waals surface area contributed by atoms with Gasteiger partial charge in [0.05, 0.1) is 12.0 Å². The van der Waals surface area contributed by atoms with Crippen LogP contribution in [0, 0.1) is 12.3 Å². The summed E-state index contributed by atoms with van der Waals surface area (Å²) in [6, 6.07) is 5.24. The van der Waals surface area contributed by atoms with E-state index in [1.165, 1.54) is 0 Å². The quantitative estimate of drug-likeness (QED) is 0.429. The van der Waals surface area contributed by atoms with Gasteiger partial charge in [-0.1, -0.05) is 13.8 Å². The van der Waals surface area contributed by atoms with Gasteiger partial charge in [0.1, 0.15) is 0 Å². The molecule has 1 aromatic heterocycles. The van der Waals surface area contributed by atoms with E-state index < -0.39 is 11.9 Å². The van der Waals surface area contributed by atoms with Gasteiger partial charge >= 0.3 is 5.97 Å². The van der Waals surface area contributed by atoms with Crippen LogP contribution in [-0.4, -0.2) is 46.3 Å². The summed E-state index contributed by atoms with van der Waals surface area (Å²) in [5, 5.41) is 14.4. The molecule has 5 N–H and O–H groups in total. The number of nitrogens with zero attached hydrogens (tertiary/aromatic N) is 1. The number of hydrogen-bond acceptors (Lipinski definition) is 5. The van der Waals surface area contributed by atoms with Gasteiger partial charge in [-0.25, -0.2) is 0 Å². The van der Waals surface area contributed by atoms with Crippen LogP contribution in [0.25, 0.3) is 5.69 Å². The number of Topliss-reactive ketones (excluding diaryl/α,β-unsaturated/α-hetero) is 1. The molecule has 9 nitrogen and oxygen atoms in total. The minimum atomic E-state index is -1.03. The molecule has 2 amide bonds. The number of primary amides is 1. The maximum absolute atomic E-state index is 12.7. The van der Waals surface area contributed by atoms with Gasteiger partial charge in [0.15, 0.2) is 5.78 Å². The Morgan fingerprint density at radius 1 is 1.15 bits per heavy atom. The highest BCUT2D eigenvalue weighted by Crippen LogP contribution is 2.38. The number of benzene rings is 1. The van der Waals surface area contributed by atoms with Crippen LogP contribution in [0.3, 0.4) is 0 Å². The van der Waals surface area contributed by atoms with E-state index in [0.29, 0.717) is 24.2 Å². The molecule has 9 heteroatoms. The number of rotatable bonds is 9. The number of anilines is 1. The Balaban J connectivity index is 1.81. The molecule has 0 saturated carbocycles. The minimum absolute atomic E-state index is 0.0927. The highest BCUT2D eigenvalue weighted by atomic mass is 16.4. The molecule has 0 fully saturated rings. The fourth-order valence-corrected chi connectivity index (χ4v) is 4.26. The van der Waals surface area contributed by atoms with E-state index in [1.807, 2.05) is 17.7 Å². The summed E-state index contributed by atoms with van der Waals surface area (Å²) >= 11 is 0. The number of hydrogen-bond donors (Lipinski definition) is 4. The second-order valence-corrected chi connectivity index (χ2v) is 9.21. The molecule has 1 aliphatic carbocycles. The lowest BCUT2D eigenvalue weighted by Gasteiger charge is -2.30. The molecule has 1 aromatic carbocycles. The molecule has 1 aliphatic rings. The molecule has 0 bridgehead atoms. The summed E-state index contributed by atoms with van der Waals surface area (Å²) < 4.78 is 1.99. The summed E-state index contributed by atoms with van der Waals surface area (Å²) in [7, 11) is 0. The Bertz CT molecular complexity index is 1120. The number of aromatic nitrogens is 1. The van der Waals surface area contributed by atoms with E-state index in [0.717, 1.165) is 28.9 Å². The van der Waals surface area contributed by atoms with Crippen molar-refractivity contribution in [2.24, 2.45) is 11.1 Å². The second kappa shape index (κ2) is 9.48. The number of nitrogens with two attached hydrogens (primary N) is 1. The Morgan fingerprint density at radius 3 is 2.55 bits per heavy atom. The molecule has 2 aromatic rings. The number of amides is 2. The predicted molar refractivity (Wildman–Crippen MR) is 124 cm³/mol. The summed E-state index contributed by atoms with van der Waals surface area (Å²) in [4.78, 5) is 46.9. The highest BCUT2D eigenvalue weighted by Gasteiger charge is 2.34. The summed E-state index contributed by atoms with van der Waals surface area (Å²) in [6.07, 6.45) is 2.88. The first-order valence-corrected chi connectivity index (χ1v) is 10.9. The Kier molecular flexibility index (Phi) is 6.90. The molecule has 3 rings (SSSR count). The number of nitrogens with one attached hydrogen (secondary N) is 2. The summed E-state index contributed by atoms with van der Waals surface area (Å²) in [5.74, 6) is -1.83. The fraction of sp³-hybridized carbons (Fsp3) is 0.417. The Hall–Kier alpha value is -3.62. The first-order chi connectivity index (χ1) is 15.5. The number of carbonyl (C=O) groups is 4. The van der Waals surface area contributed by atoms with Crippen molar-refractivity contribution in [1.29, 1.82) is 0 Å². The van der Waals surface area contributed by atoms with Gasteiger partial charge in [0.25, 0.3) is 5.91 Å². The van der Waals surface area contributed by atoms with Crippen molar-refractivity contribution in [2.75, 3.05) is 18.4 Å². The summed E-state index contributed by atoms with van der Waals surface area (Å²) in [5.41, 5.74) is 9.66. The number of carboxylic acids is 1. The molecule has 176 valence electrons. The van der Waals surface area contributed by atoms with Crippen LogP contribution in [-0.2, 0) is 16.0 Å². The fourth-order valence-electron chi connectivity index (χ4n) is 4.26. The van der Waals surface area contributed by atoms with Gasteiger partial charge in [-0.3, -0.25) is 19.2 Å². The topological polar surface area (TPSA) is 144 Å².